The molecule has 0 fully saturated rings. The number of aliphatic hydroxyl groups excluding tert-OH is 1. The molecule has 0 saturated carbocycles. The number of hydrogen-bond donors (Lipinski definition) is 2. The van der Waals surface area contributed by atoms with E-state index in [0.717, 1.165) is 0 Å². The van der Waals surface area contributed by atoms with Crippen molar-refractivity contribution in [3.63, 3.8) is 0 Å². The van der Waals surface area contributed by atoms with Crippen molar-refractivity contribution in [2.45, 2.75) is 0 Å². The molecule has 0 aromatic carbocycles. The Morgan fingerprint density at radius 2 is 2.57 bits per heavy atom. The van der Waals surface area contributed by atoms with Crippen LogP contribution in [0.5, 0.6) is 0 Å². The molecule has 0 atom stereocenters. The van der Waals surface area contributed by atoms with Crippen LogP contribution in [-0.2, 0) is 4.79 Å². The molecule has 0 unspecified atom stereocenters. The molecule has 0 radical (unpaired) electrons. The summed E-state index contributed by atoms with van der Waals surface area (Å²) in [6.07, 6.45) is 0.584. The average molecular weight is 121 g/mol. The minimum atomic E-state index is 0.103. The summed E-state index contributed by atoms with van der Waals surface area (Å²) in [6, 6.07) is 0. The van der Waals surface area contributed by atoms with Gasteiger partial charge in [0.25, 0.3) is 0 Å². The molecule has 0 spiro atoms. The van der Waals surface area contributed by atoms with Gasteiger partial charge < -0.3 is 9.83 Å². The van der Waals surface area contributed by atoms with E-state index in [1.54, 1.807) is 0 Å². The molecule has 0 aromatic rings. The van der Waals surface area contributed by atoms with E-state index in [1.165, 1.54) is 11.9 Å². The first-order valence-corrected chi connectivity index (χ1v) is 2.82. The molecule has 0 bridgehead atoms. The first-order chi connectivity index (χ1) is 3.41. The minimum absolute atomic E-state index is 0.103. The van der Waals surface area contributed by atoms with Crippen LogP contribution in [0.1, 0.15) is 0 Å². The fourth-order valence-corrected chi connectivity index (χ4v) is 0.416. The fraction of sp³-hybridized carbons (Fsp3) is 0.667. The highest BCUT2D eigenvalue weighted by Gasteiger charge is 1.78. The molecule has 4 heteroatoms. The monoisotopic (exact) mass is 121 g/mol. The summed E-state index contributed by atoms with van der Waals surface area (Å²) < 4.78 is 2.33. The largest absolute Gasteiger partial charge is 0.395 e. The standard InChI is InChI=1S/C3H7NO2S/c5-1-2-7-4-3-6/h3,5H,1-2H2,(H,4,6). The molecular weight excluding hydrogens is 114 g/mol. The quantitative estimate of drug-likeness (QED) is 0.296. The first-order valence-electron chi connectivity index (χ1n) is 1.83. The Bertz CT molecular complexity index is 50.2. The highest BCUT2D eigenvalue weighted by atomic mass is 32.2. The van der Waals surface area contributed by atoms with Crippen LogP contribution in [0.2, 0.25) is 0 Å². The van der Waals surface area contributed by atoms with Crippen LogP contribution in [0.3, 0.4) is 0 Å². The number of aliphatic hydroxyl groups is 1. The number of amides is 1. The third-order valence-electron chi connectivity index (χ3n) is 0.325. The molecular formula is C3H7NO2S. The van der Waals surface area contributed by atoms with Gasteiger partial charge in [0.1, 0.15) is 0 Å². The summed E-state index contributed by atoms with van der Waals surface area (Å²) in [5.41, 5.74) is 0. The lowest BCUT2D eigenvalue weighted by Crippen LogP contribution is -2.01. The lowest BCUT2D eigenvalue weighted by atomic mass is 10.9. The molecule has 2 N–H and O–H groups in total. The van der Waals surface area contributed by atoms with Crippen LogP contribution >= 0.6 is 11.9 Å². The number of carbonyl (C=O) groups is 1. The maximum atomic E-state index is 9.47. The van der Waals surface area contributed by atoms with Gasteiger partial charge in [0.15, 0.2) is 0 Å². The fourth-order valence-electron chi connectivity index (χ4n) is 0.139. The van der Waals surface area contributed by atoms with Gasteiger partial charge in [0.2, 0.25) is 6.41 Å². The molecule has 0 aliphatic rings. The number of hydrogen-bond acceptors (Lipinski definition) is 3. The van der Waals surface area contributed by atoms with Crippen molar-refractivity contribution in [2.75, 3.05) is 12.4 Å². The molecule has 0 aliphatic heterocycles. The highest BCUT2D eigenvalue weighted by Crippen LogP contribution is 1.85. The lowest BCUT2D eigenvalue weighted by Gasteiger charge is -1.89. The Kier molecular flexibility index (Phi) is 5.60. The van der Waals surface area contributed by atoms with Gasteiger partial charge in [-0.3, -0.25) is 4.79 Å². The lowest BCUT2D eigenvalue weighted by molar-refractivity contribution is -0.107. The summed E-state index contributed by atoms with van der Waals surface area (Å²) in [7, 11) is 0. The summed E-state index contributed by atoms with van der Waals surface area (Å²) in [5, 5.41) is 8.12. The van der Waals surface area contributed by atoms with E-state index in [2.05, 4.69) is 4.72 Å². The van der Waals surface area contributed by atoms with Crippen molar-refractivity contribution in [3.05, 3.63) is 0 Å². The van der Waals surface area contributed by atoms with Gasteiger partial charge in [-0.15, -0.1) is 0 Å². The van der Waals surface area contributed by atoms with E-state index in [9.17, 15) is 4.79 Å². The summed E-state index contributed by atoms with van der Waals surface area (Å²) in [4.78, 5) is 9.47. The van der Waals surface area contributed by atoms with Crippen LogP contribution < -0.4 is 4.72 Å². The summed E-state index contributed by atoms with van der Waals surface area (Å²) in [5.74, 6) is 0.554. The Labute approximate surface area is 46.2 Å². The Morgan fingerprint density at radius 1 is 1.86 bits per heavy atom. The van der Waals surface area contributed by atoms with Crippen molar-refractivity contribution >= 4 is 18.4 Å². The normalized spacial score (nSPS) is 8.14. The average Bonchev–Trinajstić information content (AvgIpc) is 1.69. The second-order valence-electron chi connectivity index (χ2n) is 0.808. The van der Waals surface area contributed by atoms with Gasteiger partial charge in [0.05, 0.1) is 6.61 Å². The van der Waals surface area contributed by atoms with E-state index in [-0.39, 0.29) is 6.61 Å². The van der Waals surface area contributed by atoms with E-state index < -0.39 is 0 Å². The van der Waals surface area contributed by atoms with Crippen LogP contribution in [-0.4, -0.2) is 23.9 Å². The molecule has 0 heterocycles. The molecule has 7 heavy (non-hydrogen) atoms. The number of rotatable bonds is 4. The molecule has 0 aliphatic carbocycles. The maximum absolute atomic E-state index is 9.47. The molecule has 0 aromatic heterocycles. The summed E-state index contributed by atoms with van der Waals surface area (Å²) >= 11 is 1.19. The number of nitrogens with one attached hydrogen (secondary N) is 1. The van der Waals surface area contributed by atoms with Crippen LogP contribution in [0, 0.1) is 0 Å². The zero-order valence-electron chi connectivity index (χ0n) is 3.76. The zero-order chi connectivity index (χ0) is 5.54. The molecule has 3 nitrogen and oxygen atoms in total. The van der Waals surface area contributed by atoms with E-state index in [4.69, 9.17) is 5.11 Å². The minimum Gasteiger partial charge on any atom is -0.395 e. The predicted molar refractivity (Wildman–Crippen MR) is 28.7 cm³/mol. The van der Waals surface area contributed by atoms with Crippen molar-refractivity contribution in [1.82, 2.24) is 4.72 Å². The second-order valence-corrected chi connectivity index (χ2v) is 1.74. The molecule has 0 rings (SSSR count). The van der Waals surface area contributed by atoms with E-state index in [1.807, 2.05) is 0 Å². The van der Waals surface area contributed by atoms with E-state index in [0.29, 0.717) is 12.2 Å². The van der Waals surface area contributed by atoms with Crippen LogP contribution in [0.4, 0.5) is 0 Å². The van der Waals surface area contributed by atoms with Crippen molar-refractivity contribution in [1.29, 1.82) is 0 Å². The van der Waals surface area contributed by atoms with Gasteiger partial charge in [-0.25, -0.2) is 0 Å². The third-order valence-corrected chi connectivity index (χ3v) is 0.974. The van der Waals surface area contributed by atoms with Gasteiger partial charge in [-0.05, 0) is 11.9 Å². The molecule has 1 amide bonds. The zero-order valence-corrected chi connectivity index (χ0v) is 4.57. The van der Waals surface area contributed by atoms with Crippen LogP contribution in [0.25, 0.3) is 0 Å². The predicted octanol–water partition coefficient (Wildman–Crippen LogP) is -0.627. The molecule has 0 saturated heterocycles. The maximum Gasteiger partial charge on any atom is 0.216 e. The first kappa shape index (κ1) is 6.78. The van der Waals surface area contributed by atoms with Gasteiger partial charge >= 0.3 is 0 Å². The third kappa shape index (κ3) is 5.78. The Balaban J connectivity index is 2.56. The van der Waals surface area contributed by atoms with Gasteiger partial charge in [-0.2, -0.15) is 0 Å². The molecule has 42 valence electrons. The van der Waals surface area contributed by atoms with Crippen LogP contribution in [0.15, 0.2) is 0 Å². The van der Waals surface area contributed by atoms with Crippen molar-refractivity contribution in [2.24, 2.45) is 0 Å². The Morgan fingerprint density at radius 3 is 3.00 bits per heavy atom. The highest BCUT2D eigenvalue weighted by molar-refractivity contribution is 7.97. The smallest absolute Gasteiger partial charge is 0.216 e. The topological polar surface area (TPSA) is 49.3 Å². The van der Waals surface area contributed by atoms with Crippen molar-refractivity contribution < 1.29 is 9.90 Å². The Hall–Kier alpha value is -0.220. The second kappa shape index (κ2) is 5.78. The van der Waals surface area contributed by atoms with Gasteiger partial charge in [-0.1, -0.05) is 0 Å². The van der Waals surface area contributed by atoms with Gasteiger partial charge in [0, 0.05) is 5.75 Å². The number of carbonyl (C=O) groups excluding carboxylic acids is 1. The SMILES string of the molecule is O=CNSCCO. The summed E-state index contributed by atoms with van der Waals surface area (Å²) in [6.45, 7) is 0.103. The van der Waals surface area contributed by atoms with Crippen molar-refractivity contribution in [3.8, 4) is 0 Å². The van der Waals surface area contributed by atoms with E-state index >= 15 is 0 Å².